The largest absolute Gasteiger partial charge is 0.480 e. The third kappa shape index (κ3) is 14.2. The molecule has 0 saturated carbocycles. The lowest BCUT2D eigenvalue weighted by molar-refractivity contribution is -0.144. The van der Waals surface area contributed by atoms with Crippen molar-refractivity contribution >= 4 is 35.6 Å². The van der Waals surface area contributed by atoms with Crippen LogP contribution < -0.4 is 27.0 Å². The second-order valence-electron chi connectivity index (χ2n) is 12.3. The Bertz CT molecular complexity index is 1090. The fraction of sp³-hybridized carbons (Fsp3) is 0.633. The van der Waals surface area contributed by atoms with Gasteiger partial charge in [-0.1, -0.05) is 39.8 Å². The number of primary amides is 1. The number of aliphatic carboxylic acids is 1. The second-order valence-corrected chi connectivity index (χ2v) is 12.3. The first-order valence-electron chi connectivity index (χ1n) is 14.6. The van der Waals surface area contributed by atoms with Crippen LogP contribution in [-0.2, 0) is 25.5 Å². The summed E-state index contributed by atoms with van der Waals surface area (Å²) < 4.78 is 5.28. The summed E-state index contributed by atoms with van der Waals surface area (Å²) in [7, 11) is 1.79. The van der Waals surface area contributed by atoms with Gasteiger partial charge in [0.2, 0.25) is 11.8 Å². The lowest BCUT2D eigenvalue weighted by Gasteiger charge is -2.27. The van der Waals surface area contributed by atoms with Crippen LogP contribution in [0, 0.1) is 11.8 Å². The summed E-state index contributed by atoms with van der Waals surface area (Å²) in [6.07, 6.45) is 0.420. The highest BCUT2D eigenvalue weighted by Crippen LogP contribution is 2.15. The van der Waals surface area contributed by atoms with E-state index in [-0.39, 0.29) is 24.8 Å². The van der Waals surface area contributed by atoms with Gasteiger partial charge in [-0.2, -0.15) is 0 Å². The average Bonchev–Trinajstić information content (AvgIpc) is 2.86. The van der Waals surface area contributed by atoms with Crippen LogP contribution in [-0.4, -0.2) is 83.8 Å². The van der Waals surface area contributed by atoms with Crippen molar-refractivity contribution in [2.45, 2.75) is 91.5 Å². The number of hydrogen-bond acceptors (Lipinski definition) is 7. The lowest BCUT2D eigenvalue weighted by atomic mass is 10.0. The first-order valence-corrected chi connectivity index (χ1v) is 14.6. The smallest absolute Gasteiger partial charge is 0.408 e. The molecule has 0 bridgehead atoms. The van der Waals surface area contributed by atoms with Crippen LogP contribution >= 0.6 is 0 Å². The van der Waals surface area contributed by atoms with Crippen LogP contribution in [0.4, 0.5) is 15.3 Å². The fourth-order valence-electron chi connectivity index (χ4n) is 4.43. The van der Waals surface area contributed by atoms with Crippen molar-refractivity contribution in [3.8, 4) is 0 Å². The van der Waals surface area contributed by atoms with E-state index >= 15 is 0 Å². The number of carbonyl (C=O) groups is 5. The molecule has 3 atom stereocenters. The van der Waals surface area contributed by atoms with Crippen LogP contribution in [0.25, 0.3) is 0 Å². The topological polar surface area (TPSA) is 192 Å². The molecule has 1 aromatic carbocycles. The Morgan fingerprint density at radius 1 is 0.953 bits per heavy atom. The number of benzene rings is 1. The van der Waals surface area contributed by atoms with E-state index in [4.69, 9.17) is 10.5 Å². The van der Waals surface area contributed by atoms with Gasteiger partial charge in [-0.05, 0) is 76.6 Å². The number of carbonyl (C=O) groups excluding carboxylic acids is 4. The Kier molecular flexibility index (Phi) is 14.9. The second kappa shape index (κ2) is 17.3. The molecular weight excluding hydrogens is 556 g/mol. The molecule has 0 fully saturated rings. The van der Waals surface area contributed by atoms with E-state index in [0.717, 1.165) is 5.56 Å². The lowest BCUT2D eigenvalue weighted by Crippen LogP contribution is -2.55. The number of carboxylic acid groups (broad SMARTS) is 1. The van der Waals surface area contributed by atoms with Gasteiger partial charge in [-0.3, -0.25) is 19.3 Å². The molecule has 13 nitrogen and oxygen atoms in total. The predicted molar refractivity (Wildman–Crippen MR) is 164 cm³/mol. The van der Waals surface area contributed by atoms with Gasteiger partial charge in [0.15, 0.2) is 0 Å². The van der Waals surface area contributed by atoms with Gasteiger partial charge < -0.3 is 36.8 Å². The van der Waals surface area contributed by atoms with Crippen molar-refractivity contribution in [3.63, 3.8) is 0 Å². The molecule has 0 aliphatic carbocycles. The van der Waals surface area contributed by atoms with E-state index < -0.39 is 53.6 Å². The van der Waals surface area contributed by atoms with E-state index in [1.807, 2.05) is 30.9 Å². The van der Waals surface area contributed by atoms with Crippen molar-refractivity contribution in [1.82, 2.24) is 20.9 Å². The third-order valence-electron chi connectivity index (χ3n) is 6.56. The Hall–Kier alpha value is -3.87. The normalized spacial score (nSPS) is 13.7. The molecule has 5 amide bonds. The van der Waals surface area contributed by atoms with Gasteiger partial charge in [0.25, 0.3) is 0 Å². The zero-order valence-electron chi connectivity index (χ0n) is 26.7. The van der Waals surface area contributed by atoms with E-state index in [1.54, 1.807) is 53.8 Å². The molecule has 0 saturated heterocycles. The first-order chi connectivity index (χ1) is 19.9. The maximum absolute atomic E-state index is 13.3. The van der Waals surface area contributed by atoms with Gasteiger partial charge in [0.05, 0.1) is 0 Å². The number of alkyl carbamates (subject to hydrolysis) is 1. The number of hydrogen-bond donors (Lipinski definition) is 6. The number of carboxylic acids is 1. The van der Waals surface area contributed by atoms with E-state index in [1.165, 1.54) is 0 Å². The first kappa shape index (κ1) is 37.2. The van der Waals surface area contributed by atoms with Crippen LogP contribution in [0.3, 0.4) is 0 Å². The molecule has 242 valence electrons. The Labute approximate surface area is 254 Å². The van der Waals surface area contributed by atoms with E-state index in [2.05, 4.69) is 21.3 Å². The molecule has 0 aliphatic rings. The molecule has 0 aliphatic heterocycles. The molecule has 0 spiro atoms. The summed E-state index contributed by atoms with van der Waals surface area (Å²) in [5, 5.41) is 20.1. The monoisotopic (exact) mass is 606 g/mol. The molecule has 0 heterocycles. The zero-order chi connectivity index (χ0) is 32.9. The van der Waals surface area contributed by atoms with Crippen LogP contribution in [0.5, 0.6) is 0 Å². The summed E-state index contributed by atoms with van der Waals surface area (Å²) >= 11 is 0. The summed E-state index contributed by atoms with van der Waals surface area (Å²) in [6.45, 7) is 13.2. The number of likely N-dealkylation sites (N-methyl/N-ethyl adjacent to an activating group) is 1. The number of amides is 5. The van der Waals surface area contributed by atoms with E-state index in [0.29, 0.717) is 25.1 Å². The van der Waals surface area contributed by atoms with Crippen molar-refractivity contribution in [3.05, 3.63) is 29.8 Å². The minimum Gasteiger partial charge on any atom is -0.480 e. The molecule has 1 unspecified atom stereocenters. The predicted octanol–water partition coefficient (Wildman–Crippen LogP) is 2.69. The Morgan fingerprint density at radius 3 is 2.05 bits per heavy atom. The Balaban J connectivity index is 2.94. The number of urea groups is 1. The van der Waals surface area contributed by atoms with Crippen LogP contribution in [0.15, 0.2) is 24.3 Å². The highest BCUT2D eigenvalue weighted by molar-refractivity contribution is 5.98. The number of nitrogens with zero attached hydrogens (tertiary/aromatic N) is 1. The molecule has 0 aromatic heterocycles. The molecule has 13 heteroatoms. The SMILES string of the molecule is CC(C)[C@H](NC(=O)OC(C)(C)C)C(=O)NC(CCCNC(N)=O)C(=O)Nc1ccc(CCN(C)[C@H](C(=O)O)C(C)C)cc1. The minimum atomic E-state index is -0.971. The summed E-state index contributed by atoms with van der Waals surface area (Å²) in [5.41, 5.74) is 5.85. The number of anilines is 1. The van der Waals surface area contributed by atoms with Gasteiger partial charge in [0.1, 0.15) is 23.7 Å². The highest BCUT2D eigenvalue weighted by Gasteiger charge is 2.30. The van der Waals surface area contributed by atoms with Gasteiger partial charge in [-0.25, -0.2) is 9.59 Å². The quantitative estimate of drug-likeness (QED) is 0.155. The number of nitrogens with two attached hydrogens (primary N) is 1. The molecule has 0 radical (unpaired) electrons. The zero-order valence-corrected chi connectivity index (χ0v) is 26.7. The van der Waals surface area contributed by atoms with Crippen molar-refractivity contribution in [2.24, 2.45) is 17.6 Å². The summed E-state index contributed by atoms with van der Waals surface area (Å²) in [6, 6.07) is 3.96. The molecular formula is C30H50N6O7. The van der Waals surface area contributed by atoms with Crippen LogP contribution in [0.2, 0.25) is 0 Å². The number of ether oxygens (including phenoxy) is 1. The highest BCUT2D eigenvalue weighted by atomic mass is 16.6. The minimum absolute atomic E-state index is 0.0380. The average molecular weight is 607 g/mol. The Morgan fingerprint density at radius 2 is 1.56 bits per heavy atom. The van der Waals surface area contributed by atoms with Crippen molar-refractivity contribution in [1.29, 1.82) is 0 Å². The third-order valence-corrected chi connectivity index (χ3v) is 6.56. The standard InChI is InChI=1S/C30H50N6O7/c1-18(2)23(35-29(42)43-30(5,6)7)26(38)34-22(10-9-16-32-28(31)41)25(37)33-21-13-11-20(12-14-21)15-17-36(8)24(19(3)4)27(39)40/h11-14,18-19,22-24H,9-10,15-17H2,1-8H3,(H,33,37)(H,34,38)(H,35,42)(H,39,40)(H3,31,32,41)/t22?,23-,24-/m0/s1. The van der Waals surface area contributed by atoms with Gasteiger partial charge >= 0.3 is 18.1 Å². The van der Waals surface area contributed by atoms with Crippen molar-refractivity contribution in [2.75, 3.05) is 25.5 Å². The molecule has 43 heavy (non-hydrogen) atoms. The molecule has 1 rings (SSSR count). The van der Waals surface area contributed by atoms with E-state index in [9.17, 15) is 29.1 Å². The molecule has 1 aromatic rings. The van der Waals surface area contributed by atoms with Crippen LogP contribution in [0.1, 0.15) is 66.9 Å². The number of nitrogens with one attached hydrogen (secondary N) is 4. The maximum Gasteiger partial charge on any atom is 0.408 e. The summed E-state index contributed by atoms with van der Waals surface area (Å²) in [4.78, 5) is 63.3. The number of rotatable bonds is 16. The van der Waals surface area contributed by atoms with Gasteiger partial charge in [0, 0.05) is 18.8 Å². The van der Waals surface area contributed by atoms with Gasteiger partial charge in [-0.15, -0.1) is 0 Å². The molecule has 7 N–H and O–H groups in total. The van der Waals surface area contributed by atoms with Crippen molar-refractivity contribution < 1.29 is 33.8 Å². The summed E-state index contributed by atoms with van der Waals surface area (Å²) in [5.74, 6) is -2.22. The fourth-order valence-corrected chi connectivity index (χ4v) is 4.43. The maximum atomic E-state index is 13.3.